The van der Waals surface area contributed by atoms with Gasteiger partial charge in [0.15, 0.2) is 0 Å². The van der Waals surface area contributed by atoms with Gasteiger partial charge in [-0.05, 0) is 32.3 Å². The first-order chi connectivity index (χ1) is 9.65. The third kappa shape index (κ3) is 4.64. The van der Waals surface area contributed by atoms with E-state index in [2.05, 4.69) is 41.8 Å². The molecule has 1 aliphatic rings. The second kappa shape index (κ2) is 7.44. The summed E-state index contributed by atoms with van der Waals surface area (Å²) in [6, 6.07) is 8.63. The second-order valence-electron chi connectivity index (χ2n) is 5.94. The van der Waals surface area contributed by atoms with Gasteiger partial charge in [0.05, 0.1) is 6.04 Å². The van der Waals surface area contributed by atoms with Crippen molar-refractivity contribution in [2.24, 2.45) is 0 Å². The molecule has 1 aromatic rings. The molecule has 2 rings (SSSR count). The van der Waals surface area contributed by atoms with Gasteiger partial charge in [0.2, 0.25) is 5.91 Å². The molecule has 2 N–H and O–H groups in total. The maximum atomic E-state index is 12.1. The van der Waals surface area contributed by atoms with E-state index in [4.69, 9.17) is 0 Å². The maximum absolute atomic E-state index is 12.1. The lowest BCUT2D eigenvalue weighted by molar-refractivity contribution is -0.123. The topological polar surface area (TPSA) is 41.1 Å². The summed E-state index contributed by atoms with van der Waals surface area (Å²) in [7, 11) is 0. The Morgan fingerprint density at radius 3 is 2.75 bits per heavy atom. The van der Waals surface area contributed by atoms with Gasteiger partial charge in [-0.3, -0.25) is 4.79 Å². The van der Waals surface area contributed by atoms with Gasteiger partial charge in [-0.15, -0.1) is 0 Å². The molecule has 0 aromatic heterocycles. The monoisotopic (exact) mass is 274 g/mol. The zero-order valence-corrected chi connectivity index (χ0v) is 12.6. The standard InChI is InChI=1S/C17H26N2O/c1-13-7-6-8-15(11-13)12-18-14(2)17(20)19-16-9-4-3-5-10-16/h6-8,11,14,16,18H,3-5,9-10,12H2,1-2H3,(H,19,20). The first-order valence-electron chi connectivity index (χ1n) is 7.74. The fourth-order valence-electron chi connectivity index (χ4n) is 2.76. The van der Waals surface area contributed by atoms with Crippen LogP contribution in [0.1, 0.15) is 50.2 Å². The average molecular weight is 274 g/mol. The van der Waals surface area contributed by atoms with E-state index in [1.165, 1.54) is 30.4 Å². The lowest BCUT2D eigenvalue weighted by atomic mass is 9.95. The minimum absolute atomic E-state index is 0.129. The summed E-state index contributed by atoms with van der Waals surface area (Å²) in [5.74, 6) is 0.129. The van der Waals surface area contributed by atoms with Crippen LogP contribution in [0.2, 0.25) is 0 Å². The Bertz CT molecular complexity index is 438. The molecule has 1 aromatic carbocycles. The Balaban J connectivity index is 1.76. The molecule has 1 amide bonds. The number of rotatable bonds is 5. The lowest BCUT2D eigenvalue weighted by Crippen LogP contribution is -2.46. The second-order valence-corrected chi connectivity index (χ2v) is 5.94. The third-order valence-electron chi connectivity index (χ3n) is 4.04. The highest BCUT2D eigenvalue weighted by atomic mass is 16.2. The van der Waals surface area contributed by atoms with Crippen LogP contribution in [-0.4, -0.2) is 18.0 Å². The van der Waals surface area contributed by atoms with Gasteiger partial charge in [-0.2, -0.15) is 0 Å². The van der Waals surface area contributed by atoms with E-state index in [1.54, 1.807) is 0 Å². The minimum Gasteiger partial charge on any atom is -0.352 e. The number of carbonyl (C=O) groups is 1. The molecule has 3 heteroatoms. The van der Waals surface area contributed by atoms with Crippen molar-refractivity contribution in [3.8, 4) is 0 Å². The Kier molecular flexibility index (Phi) is 5.60. The van der Waals surface area contributed by atoms with Crippen molar-refractivity contribution in [1.29, 1.82) is 0 Å². The summed E-state index contributed by atoms with van der Waals surface area (Å²) in [6.45, 7) is 4.76. The van der Waals surface area contributed by atoms with E-state index in [1.807, 2.05) is 6.92 Å². The largest absolute Gasteiger partial charge is 0.352 e. The quantitative estimate of drug-likeness (QED) is 0.867. The van der Waals surface area contributed by atoms with Crippen molar-refractivity contribution in [3.05, 3.63) is 35.4 Å². The van der Waals surface area contributed by atoms with Crippen molar-refractivity contribution >= 4 is 5.91 Å². The number of amides is 1. The molecule has 0 bridgehead atoms. The number of carbonyl (C=O) groups excluding carboxylic acids is 1. The van der Waals surface area contributed by atoms with Crippen LogP contribution in [0.15, 0.2) is 24.3 Å². The van der Waals surface area contributed by atoms with Crippen LogP contribution in [0.3, 0.4) is 0 Å². The highest BCUT2D eigenvalue weighted by Crippen LogP contribution is 2.17. The molecule has 1 unspecified atom stereocenters. The van der Waals surface area contributed by atoms with Crippen LogP contribution in [0.5, 0.6) is 0 Å². The smallest absolute Gasteiger partial charge is 0.237 e. The van der Waals surface area contributed by atoms with Crippen LogP contribution < -0.4 is 10.6 Å². The van der Waals surface area contributed by atoms with E-state index < -0.39 is 0 Å². The average Bonchev–Trinajstić information content (AvgIpc) is 2.46. The molecule has 1 fully saturated rings. The molecule has 1 saturated carbocycles. The van der Waals surface area contributed by atoms with Gasteiger partial charge in [-0.1, -0.05) is 49.1 Å². The van der Waals surface area contributed by atoms with Gasteiger partial charge in [0.25, 0.3) is 0 Å². The van der Waals surface area contributed by atoms with Crippen molar-refractivity contribution in [2.75, 3.05) is 0 Å². The van der Waals surface area contributed by atoms with Gasteiger partial charge >= 0.3 is 0 Å². The van der Waals surface area contributed by atoms with E-state index in [-0.39, 0.29) is 11.9 Å². The Labute approximate surface area is 122 Å². The van der Waals surface area contributed by atoms with Crippen LogP contribution >= 0.6 is 0 Å². The molecular weight excluding hydrogens is 248 g/mol. The van der Waals surface area contributed by atoms with Crippen LogP contribution in [0.4, 0.5) is 0 Å². The molecule has 0 heterocycles. The van der Waals surface area contributed by atoms with Gasteiger partial charge in [0, 0.05) is 12.6 Å². The molecule has 1 atom stereocenters. The lowest BCUT2D eigenvalue weighted by Gasteiger charge is -2.24. The summed E-state index contributed by atoms with van der Waals surface area (Å²) >= 11 is 0. The van der Waals surface area contributed by atoms with Crippen molar-refractivity contribution in [1.82, 2.24) is 10.6 Å². The van der Waals surface area contributed by atoms with E-state index >= 15 is 0 Å². The van der Waals surface area contributed by atoms with E-state index in [9.17, 15) is 4.79 Å². The Hall–Kier alpha value is -1.35. The normalized spacial score (nSPS) is 17.7. The van der Waals surface area contributed by atoms with E-state index in [0.29, 0.717) is 6.04 Å². The molecule has 0 radical (unpaired) electrons. The fourth-order valence-corrected chi connectivity index (χ4v) is 2.76. The number of aryl methyl sites for hydroxylation is 1. The summed E-state index contributed by atoms with van der Waals surface area (Å²) in [5.41, 5.74) is 2.48. The summed E-state index contributed by atoms with van der Waals surface area (Å²) < 4.78 is 0. The molecule has 110 valence electrons. The zero-order chi connectivity index (χ0) is 14.4. The summed E-state index contributed by atoms with van der Waals surface area (Å²) in [4.78, 5) is 12.1. The van der Waals surface area contributed by atoms with Gasteiger partial charge in [-0.25, -0.2) is 0 Å². The summed E-state index contributed by atoms with van der Waals surface area (Å²) in [5, 5.41) is 6.47. The Morgan fingerprint density at radius 2 is 2.05 bits per heavy atom. The van der Waals surface area contributed by atoms with Crippen molar-refractivity contribution in [3.63, 3.8) is 0 Å². The minimum atomic E-state index is -0.141. The molecular formula is C17H26N2O. The third-order valence-corrected chi connectivity index (χ3v) is 4.04. The zero-order valence-electron chi connectivity index (χ0n) is 12.6. The maximum Gasteiger partial charge on any atom is 0.237 e. The van der Waals surface area contributed by atoms with Gasteiger partial charge < -0.3 is 10.6 Å². The Morgan fingerprint density at radius 1 is 1.30 bits per heavy atom. The first-order valence-corrected chi connectivity index (χ1v) is 7.74. The molecule has 0 spiro atoms. The van der Waals surface area contributed by atoms with Gasteiger partial charge in [0.1, 0.15) is 0 Å². The SMILES string of the molecule is Cc1cccc(CNC(C)C(=O)NC2CCCCC2)c1. The summed E-state index contributed by atoms with van der Waals surface area (Å²) in [6.07, 6.45) is 6.08. The van der Waals surface area contributed by atoms with E-state index in [0.717, 1.165) is 19.4 Å². The molecule has 1 aliphatic carbocycles. The molecule has 0 saturated heterocycles. The number of hydrogen-bond acceptors (Lipinski definition) is 2. The highest BCUT2D eigenvalue weighted by molar-refractivity contribution is 5.81. The molecule has 3 nitrogen and oxygen atoms in total. The highest BCUT2D eigenvalue weighted by Gasteiger charge is 2.19. The fraction of sp³-hybridized carbons (Fsp3) is 0.588. The van der Waals surface area contributed by atoms with Crippen molar-refractivity contribution in [2.45, 2.75) is 64.6 Å². The predicted molar refractivity (Wildman–Crippen MR) is 82.5 cm³/mol. The number of nitrogens with one attached hydrogen (secondary N) is 2. The number of benzene rings is 1. The first kappa shape index (κ1) is 15.0. The van der Waals surface area contributed by atoms with Crippen LogP contribution in [0, 0.1) is 6.92 Å². The predicted octanol–water partition coefficient (Wildman–Crippen LogP) is 2.92. The molecule has 0 aliphatic heterocycles. The van der Waals surface area contributed by atoms with Crippen LogP contribution in [0.25, 0.3) is 0 Å². The molecule has 20 heavy (non-hydrogen) atoms. The van der Waals surface area contributed by atoms with Crippen molar-refractivity contribution < 1.29 is 4.79 Å². The number of hydrogen-bond donors (Lipinski definition) is 2. The van der Waals surface area contributed by atoms with Crippen LogP contribution in [-0.2, 0) is 11.3 Å².